The first kappa shape index (κ1) is 20.1. The van der Waals surface area contributed by atoms with E-state index in [1.807, 2.05) is 0 Å². The third kappa shape index (κ3) is 4.90. The number of hydrogen-bond acceptors (Lipinski definition) is 4. The predicted octanol–water partition coefficient (Wildman–Crippen LogP) is 3.11. The molecule has 0 radical (unpaired) electrons. The SMILES string of the molecule is CCCC(CCC)N1CC[C@H](O)[C@@](O)(COc2cccc(F)c2F)C1. The molecule has 1 aromatic carbocycles. The molecule has 2 N–H and O–H groups in total. The molecule has 1 aliphatic rings. The van der Waals surface area contributed by atoms with Crippen molar-refractivity contribution in [2.24, 2.45) is 0 Å². The van der Waals surface area contributed by atoms with E-state index in [1.54, 1.807) is 0 Å². The third-order valence-electron chi connectivity index (χ3n) is 4.94. The van der Waals surface area contributed by atoms with E-state index >= 15 is 0 Å². The standard InChI is InChI=1S/C19H29F2NO3/c1-3-6-14(7-4-2)22-11-10-17(23)19(24,12-22)13-25-16-9-5-8-15(20)18(16)21/h5,8-9,14,17,23-24H,3-4,6-7,10-13H2,1-2H3/t17-,19-/m0/s1. The molecule has 0 bridgehead atoms. The van der Waals surface area contributed by atoms with Crippen LogP contribution in [0, 0.1) is 11.6 Å². The molecule has 0 amide bonds. The van der Waals surface area contributed by atoms with Crippen molar-refractivity contribution >= 4 is 0 Å². The topological polar surface area (TPSA) is 52.9 Å². The number of benzene rings is 1. The zero-order valence-corrected chi connectivity index (χ0v) is 15.0. The number of β-amino-alcohol motifs (C(OH)–C–C–N with tert-alkyl or cyclic N) is 1. The van der Waals surface area contributed by atoms with Crippen LogP contribution < -0.4 is 4.74 Å². The van der Waals surface area contributed by atoms with Crippen LogP contribution in [-0.2, 0) is 0 Å². The lowest BCUT2D eigenvalue weighted by molar-refractivity contribution is -0.146. The van der Waals surface area contributed by atoms with Crippen molar-refractivity contribution in [1.82, 2.24) is 4.90 Å². The molecule has 0 saturated carbocycles. The summed E-state index contributed by atoms with van der Waals surface area (Å²) in [7, 11) is 0. The second-order valence-electron chi connectivity index (χ2n) is 6.95. The second kappa shape index (κ2) is 8.92. The molecule has 0 spiro atoms. The Morgan fingerprint density at radius 2 is 1.96 bits per heavy atom. The van der Waals surface area contributed by atoms with Gasteiger partial charge in [0.2, 0.25) is 5.82 Å². The van der Waals surface area contributed by atoms with E-state index < -0.39 is 23.3 Å². The third-order valence-corrected chi connectivity index (χ3v) is 4.94. The van der Waals surface area contributed by atoms with Gasteiger partial charge in [-0.15, -0.1) is 0 Å². The van der Waals surface area contributed by atoms with Gasteiger partial charge in [0, 0.05) is 19.1 Å². The van der Waals surface area contributed by atoms with Crippen LogP contribution in [-0.4, -0.2) is 52.6 Å². The van der Waals surface area contributed by atoms with Crippen LogP contribution in [0.3, 0.4) is 0 Å². The number of hydrogen-bond donors (Lipinski definition) is 2. The summed E-state index contributed by atoms with van der Waals surface area (Å²) in [5.74, 6) is -2.33. The Labute approximate surface area is 148 Å². The average Bonchev–Trinajstić information content (AvgIpc) is 2.59. The lowest BCUT2D eigenvalue weighted by atomic mass is 9.88. The number of rotatable bonds is 8. The van der Waals surface area contributed by atoms with Gasteiger partial charge in [-0.3, -0.25) is 4.90 Å². The maximum atomic E-state index is 13.7. The number of likely N-dealkylation sites (tertiary alicyclic amines) is 1. The number of aliphatic hydroxyl groups excluding tert-OH is 1. The van der Waals surface area contributed by atoms with E-state index in [2.05, 4.69) is 18.7 Å². The maximum absolute atomic E-state index is 13.7. The van der Waals surface area contributed by atoms with Gasteiger partial charge in [-0.1, -0.05) is 32.8 Å². The zero-order chi connectivity index (χ0) is 18.4. The Balaban J connectivity index is 2.07. The lowest BCUT2D eigenvalue weighted by Gasteiger charge is -2.45. The first-order chi connectivity index (χ1) is 11.9. The van der Waals surface area contributed by atoms with Gasteiger partial charge < -0.3 is 14.9 Å². The van der Waals surface area contributed by atoms with Gasteiger partial charge in [-0.25, -0.2) is 4.39 Å². The summed E-state index contributed by atoms with van der Waals surface area (Å²) < 4.78 is 32.3. The number of ether oxygens (including phenoxy) is 1. The number of halogens is 2. The molecule has 1 aliphatic heterocycles. The van der Waals surface area contributed by atoms with Gasteiger partial charge in [-0.05, 0) is 31.4 Å². The Morgan fingerprint density at radius 3 is 2.60 bits per heavy atom. The van der Waals surface area contributed by atoms with Crippen molar-refractivity contribution in [3.05, 3.63) is 29.8 Å². The Kier molecular flexibility index (Phi) is 7.16. The minimum atomic E-state index is -1.50. The molecule has 1 fully saturated rings. The van der Waals surface area contributed by atoms with E-state index in [-0.39, 0.29) is 18.9 Å². The van der Waals surface area contributed by atoms with Crippen LogP contribution in [0.4, 0.5) is 8.78 Å². The number of piperidine rings is 1. The molecule has 2 atom stereocenters. The minimum absolute atomic E-state index is 0.253. The molecule has 1 saturated heterocycles. The van der Waals surface area contributed by atoms with Crippen LogP contribution in [0.15, 0.2) is 18.2 Å². The van der Waals surface area contributed by atoms with Crippen LogP contribution in [0.25, 0.3) is 0 Å². The van der Waals surface area contributed by atoms with Crippen molar-refractivity contribution < 1.29 is 23.7 Å². The lowest BCUT2D eigenvalue weighted by Crippen LogP contribution is -2.61. The monoisotopic (exact) mass is 357 g/mol. The molecular formula is C19H29F2NO3. The van der Waals surface area contributed by atoms with Crippen molar-refractivity contribution in [3.63, 3.8) is 0 Å². The summed E-state index contributed by atoms with van der Waals surface area (Å²) >= 11 is 0. The summed E-state index contributed by atoms with van der Waals surface area (Å²) in [6.45, 7) is 4.95. The van der Waals surface area contributed by atoms with Gasteiger partial charge in [0.1, 0.15) is 12.2 Å². The molecule has 4 nitrogen and oxygen atoms in total. The number of aliphatic hydroxyl groups is 2. The normalized spacial score (nSPS) is 24.7. The van der Waals surface area contributed by atoms with E-state index in [0.29, 0.717) is 19.0 Å². The van der Waals surface area contributed by atoms with E-state index in [9.17, 15) is 19.0 Å². The Bertz CT molecular complexity index is 551. The number of nitrogens with zero attached hydrogens (tertiary/aromatic N) is 1. The maximum Gasteiger partial charge on any atom is 0.200 e. The highest BCUT2D eigenvalue weighted by Gasteiger charge is 2.43. The summed E-state index contributed by atoms with van der Waals surface area (Å²) in [6, 6.07) is 4.01. The quantitative estimate of drug-likeness (QED) is 0.751. The van der Waals surface area contributed by atoms with Crippen molar-refractivity contribution in [3.8, 4) is 5.75 Å². The zero-order valence-electron chi connectivity index (χ0n) is 15.0. The molecule has 2 rings (SSSR count). The summed E-state index contributed by atoms with van der Waals surface area (Å²) in [5, 5.41) is 21.1. The summed E-state index contributed by atoms with van der Waals surface area (Å²) in [5.41, 5.74) is -1.50. The largest absolute Gasteiger partial charge is 0.487 e. The van der Waals surface area contributed by atoms with Gasteiger partial charge >= 0.3 is 0 Å². The van der Waals surface area contributed by atoms with Crippen LogP contribution in [0.5, 0.6) is 5.75 Å². The fraction of sp³-hybridized carbons (Fsp3) is 0.684. The summed E-state index contributed by atoms with van der Waals surface area (Å²) in [4.78, 5) is 2.19. The Morgan fingerprint density at radius 1 is 1.28 bits per heavy atom. The van der Waals surface area contributed by atoms with Gasteiger partial charge in [0.05, 0.1) is 6.10 Å². The fourth-order valence-electron chi connectivity index (χ4n) is 3.52. The molecule has 0 aromatic heterocycles. The molecule has 25 heavy (non-hydrogen) atoms. The van der Waals surface area contributed by atoms with Crippen LogP contribution in [0.2, 0.25) is 0 Å². The smallest absolute Gasteiger partial charge is 0.200 e. The molecular weight excluding hydrogens is 328 g/mol. The second-order valence-corrected chi connectivity index (χ2v) is 6.95. The van der Waals surface area contributed by atoms with Crippen LogP contribution >= 0.6 is 0 Å². The molecule has 0 unspecified atom stereocenters. The van der Waals surface area contributed by atoms with Crippen LogP contribution in [0.1, 0.15) is 46.0 Å². The minimum Gasteiger partial charge on any atom is -0.487 e. The first-order valence-corrected chi connectivity index (χ1v) is 9.12. The highest BCUT2D eigenvalue weighted by atomic mass is 19.2. The molecule has 0 aliphatic carbocycles. The van der Waals surface area contributed by atoms with Crippen molar-refractivity contribution in [2.75, 3.05) is 19.7 Å². The van der Waals surface area contributed by atoms with Gasteiger partial charge in [0.15, 0.2) is 11.6 Å². The highest BCUT2D eigenvalue weighted by Crippen LogP contribution is 2.28. The van der Waals surface area contributed by atoms with E-state index in [0.717, 1.165) is 31.7 Å². The molecule has 1 aromatic rings. The van der Waals surface area contributed by atoms with E-state index in [1.165, 1.54) is 12.1 Å². The Hall–Kier alpha value is -1.24. The molecule has 6 heteroatoms. The van der Waals surface area contributed by atoms with Gasteiger partial charge in [0.25, 0.3) is 0 Å². The fourth-order valence-corrected chi connectivity index (χ4v) is 3.52. The average molecular weight is 357 g/mol. The summed E-state index contributed by atoms with van der Waals surface area (Å²) in [6.07, 6.45) is 3.62. The molecule has 1 heterocycles. The highest BCUT2D eigenvalue weighted by molar-refractivity contribution is 5.25. The first-order valence-electron chi connectivity index (χ1n) is 9.12. The van der Waals surface area contributed by atoms with E-state index in [4.69, 9.17) is 4.74 Å². The van der Waals surface area contributed by atoms with Gasteiger partial charge in [-0.2, -0.15) is 4.39 Å². The van der Waals surface area contributed by atoms with Crippen molar-refractivity contribution in [1.29, 1.82) is 0 Å². The predicted molar refractivity (Wildman–Crippen MR) is 92.6 cm³/mol. The van der Waals surface area contributed by atoms with Crippen molar-refractivity contribution in [2.45, 2.75) is 63.7 Å². The molecule has 142 valence electrons.